The van der Waals surface area contributed by atoms with E-state index in [9.17, 15) is 0 Å². The van der Waals surface area contributed by atoms with Crippen molar-refractivity contribution in [2.24, 2.45) is 4.99 Å². The molecule has 5 aromatic carbocycles. The number of anilines is 3. The zero-order valence-corrected chi connectivity index (χ0v) is 20.6. The molecule has 6 rings (SSSR count). The molecule has 174 valence electrons. The van der Waals surface area contributed by atoms with Gasteiger partial charge in [0.2, 0.25) is 0 Å². The van der Waals surface area contributed by atoms with Crippen LogP contribution in [-0.4, -0.2) is 5.71 Å². The molecule has 0 atom stereocenters. The lowest BCUT2D eigenvalue weighted by atomic mass is 9.79. The Bertz CT molecular complexity index is 1540. The van der Waals surface area contributed by atoms with Gasteiger partial charge >= 0.3 is 0 Å². The fourth-order valence-corrected chi connectivity index (χ4v) is 5.16. The lowest BCUT2D eigenvalue weighted by molar-refractivity contribution is 0.747. The molecule has 0 radical (unpaired) electrons. The van der Waals surface area contributed by atoms with E-state index in [0.29, 0.717) is 0 Å². The Morgan fingerprint density at radius 3 is 1.83 bits per heavy atom. The number of hydrogen-bond donors (Lipinski definition) is 0. The van der Waals surface area contributed by atoms with Crippen LogP contribution in [0, 0.1) is 0 Å². The lowest BCUT2D eigenvalue weighted by Gasteiger charge is -2.25. The van der Waals surface area contributed by atoms with Gasteiger partial charge in [-0.3, -0.25) is 4.99 Å². The van der Waals surface area contributed by atoms with Crippen LogP contribution in [0.15, 0.2) is 132 Å². The number of allylic oxidation sites excluding steroid dienone is 1. The molecule has 0 aliphatic carbocycles. The summed E-state index contributed by atoms with van der Waals surface area (Å²) >= 11 is 0. The van der Waals surface area contributed by atoms with E-state index in [-0.39, 0.29) is 5.41 Å². The highest BCUT2D eigenvalue weighted by molar-refractivity contribution is 6.13. The molecule has 0 unspecified atom stereocenters. The van der Waals surface area contributed by atoms with Crippen molar-refractivity contribution in [3.8, 4) is 0 Å². The van der Waals surface area contributed by atoms with Gasteiger partial charge in [0, 0.05) is 22.5 Å². The Morgan fingerprint density at radius 1 is 0.583 bits per heavy atom. The molecule has 0 saturated carbocycles. The minimum atomic E-state index is -0.149. The van der Waals surface area contributed by atoms with Crippen LogP contribution < -0.4 is 4.90 Å². The first-order valence-corrected chi connectivity index (χ1v) is 12.4. The van der Waals surface area contributed by atoms with Crippen molar-refractivity contribution >= 4 is 45.3 Å². The van der Waals surface area contributed by atoms with Gasteiger partial charge in [0.1, 0.15) is 0 Å². The van der Waals surface area contributed by atoms with Crippen LogP contribution in [0.5, 0.6) is 0 Å². The lowest BCUT2D eigenvalue weighted by Crippen LogP contribution is -2.24. The van der Waals surface area contributed by atoms with Crippen molar-refractivity contribution in [2.45, 2.75) is 19.3 Å². The summed E-state index contributed by atoms with van der Waals surface area (Å²) in [6.07, 6.45) is 4.35. The summed E-state index contributed by atoms with van der Waals surface area (Å²) in [6.45, 7) is 4.55. The van der Waals surface area contributed by atoms with Gasteiger partial charge in [0.15, 0.2) is 0 Å². The molecule has 2 heteroatoms. The maximum atomic E-state index is 5.02. The average molecular weight is 465 g/mol. The van der Waals surface area contributed by atoms with E-state index >= 15 is 0 Å². The number of fused-ring (bicyclic) bond motifs is 3. The molecule has 2 nitrogen and oxygen atoms in total. The van der Waals surface area contributed by atoms with E-state index in [1.54, 1.807) is 0 Å². The summed E-state index contributed by atoms with van der Waals surface area (Å²) in [5.41, 5.74) is 7.89. The van der Waals surface area contributed by atoms with Gasteiger partial charge in [-0.05, 0) is 70.4 Å². The van der Waals surface area contributed by atoms with Gasteiger partial charge in [0.25, 0.3) is 0 Å². The maximum Gasteiger partial charge on any atom is 0.0681 e. The molecule has 0 saturated heterocycles. The van der Waals surface area contributed by atoms with Crippen LogP contribution in [0.2, 0.25) is 0 Å². The van der Waals surface area contributed by atoms with E-state index in [1.807, 2.05) is 0 Å². The van der Waals surface area contributed by atoms with E-state index in [4.69, 9.17) is 4.99 Å². The van der Waals surface area contributed by atoms with Crippen LogP contribution in [0.4, 0.5) is 22.7 Å². The molecule has 0 N–H and O–H groups in total. The Morgan fingerprint density at radius 2 is 1.17 bits per heavy atom. The second-order valence-electron chi connectivity index (χ2n) is 9.73. The Kier molecular flexibility index (Phi) is 5.50. The van der Waals surface area contributed by atoms with E-state index in [0.717, 1.165) is 34.0 Å². The largest absolute Gasteiger partial charge is 0.311 e. The first kappa shape index (κ1) is 22.1. The Balaban J connectivity index is 1.30. The van der Waals surface area contributed by atoms with Crippen molar-refractivity contribution in [3.05, 3.63) is 139 Å². The predicted molar refractivity (Wildman–Crippen MR) is 154 cm³/mol. The third-order valence-electron chi connectivity index (χ3n) is 7.03. The summed E-state index contributed by atoms with van der Waals surface area (Å²) in [6, 6.07) is 42.6. The number of rotatable bonds is 5. The molecular weight excluding hydrogens is 436 g/mol. The highest BCUT2D eigenvalue weighted by atomic mass is 15.1. The second kappa shape index (κ2) is 8.98. The summed E-state index contributed by atoms with van der Waals surface area (Å²) < 4.78 is 0. The van der Waals surface area contributed by atoms with Crippen molar-refractivity contribution in [1.82, 2.24) is 0 Å². The highest BCUT2D eigenvalue weighted by Crippen LogP contribution is 2.44. The number of hydrogen-bond acceptors (Lipinski definition) is 2. The third-order valence-corrected chi connectivity index (χ3v) is 7.03. The van der Waals surface area contributed by atoms with E-state index in [2.05, 4.69) is 152 Å². The molecule has 1 aliphatic heterocycles. The number of aliphatic imine (C=N–C) groups is 1. The first-order valence-electron chi connectivity index (χ1n) is 12.4. The molecule has 0 aromatic heterocycles. The number of nitrogens with zero attached hydrogens (tertiary/aromatic N) is 2. The second-order valence-corrected chi connectivity index (χ2v) is 9.73. The van der Waals surface area contributed by atoms with Crippen LogP contribution in [0.25, 0.3) is 16.8 Å². The molecule has 36 heavy (non-hydrogen) atoms. The van der Waals surface area contributed by atoms with Gasteiger partial charge in [-0.2, -0.15) is 0 Å². The van der Waals surface area contributed by atoms with Crippen LogP contribution in [0.3, 0.4) is 0 Å². The van der Waals surface area contributed by atoms with Crippen molar-refractivity contribution in [1.29, 1.82) is 0 Å². The minimum Gasteiger partial charge on any atom is -0.311 e. The van der Waals surface area contributed by atoms with Gasteiger partial charge < -0.3 is 4.90 Å². The first-order chi connectivity index (χ1) is 17.6. The topological polar surface area (TPSA) is 15.6 Å². The van der Waals surface area contributed by atoms with Crippen molar-refractivity contribution < 1.29 is 0 Å². The minimum absolute atomic E-state index is 0.149. The van der Waals surface area contributed by atoms with Gasteiger partial charge in [-0.1, -0.05) is 98.8 Å². The van der Waals surface area contributed by atoms with Crippen molar-refractivity contribution in [3.63, 3.8) is 0 Å². The van der Waals surface area contributed by atoms with E-state index < -0.39 is 0 Å². The average Bonchev–Trinajstić information content (AvgIpc) is 3.19. The van der Waals surface area contributed by atoms with Gasteiger partial charge in [-0.25, -0.2) is 0 Å². The molecule has 5 aromatic rings. The summed E-state index contributed by atoms with van der Waals surface area (Å²) in [5, 5.41) is 2.56. The molecule has 0 bridgehead atoms. The van der Waals surface area contributed by atoms with Gasteiger partial charge in [0.05, 0.1) is 11.4 Å². The summed E-state index contributed by atoms with van der Waals surface area (Å²) in [5.74, 6) is 0. The highest BCUT2D eigenvalue weighted by Gasteiger charge is 2.34. The van der Waals surface area contributed by atoms with Crippen LogP contribution in [-0.2, 0) is 5.41 Å². The summed E-state index contributed by atoms with van der Waals surface area (Å²) in [4.78, 5) is 7.29. The van der Waals surface area contributed by atoms with Crippen LogP contribution >= 0.6 is 0 Å². The molecular formula is C34H28N2. The van der Waals surface area contributed by atoms with Crippen LogP contribution in [0.1, 0.15) is 25.0 Å². The fraction of sp³-hybridized carbons (Fsp3) is 0.0882. The molecule has 0 fully saturated rings. The van der Waals surface area contributed by atoms with Gasteiger partial charge in [-0.15, -0.1) is 0 Å². The zero-order valence-electron chi connectivity index (χ0n) is 20.6. The molecule has 0 amide bonds. The molecule has 0 spiro atoms. The number of benzene rings is 5. The van der Waals surface area contributed by atoms with Crippen molar-refractivity contribution in [2.75, 3.05) is 4.90 Å². The van der Waals surface area contributed by atoms with E-state index in [1.165, 1.54) is 16.3 Å². The monoisotopic (exact) mass is 464 g/mol. The standard InChI is InChI=1S/C34H28N2/c1-34(2)32(35-31-23-20-26-11-9-10-16-30(26)33(31)34)24-19-25-17-21-29(22-18-25)36(27-12-5-3-6-13-27)28-14-7-4-8-15-28/h3-24H,1-2H3. The predicted octanol–water partition coefficient (Wildman–Crippen LogP) is 9.39. The fourth-order valence-electron chi connectivity index (χ4n) is 5.16. The normalized spacial score (nSPS) is 14.1. The third kappa shape index (κ3) is 3.91. The number of para-hydroxylation sites is 2. The zero-order chi connectivity index (χ0) is 24.5. The Hall–Kier alpha value is -4.43. The smallest absolute Gasteiger partial charge is 0.0681 e. The molecule has 1 heterocycles. The quantitative estimate of drug-likeness (QED) is 0.253. The maximum absolute atomic E-state index is 5.02. The SMILES string of the molecule is CC1(C)C(C=Cc2ccc(N(c3ccccc3)c3ccccc3)cc2)=Nc2ccc3ccccc3c21. The molecule has 1 aliphatic rings. The Labute approximate surface area is 212 Å². The summed E-state index contributed by atoms with van der Waals surface area (Å²) in [7, 11) is 0.